The molecule has 0 amide bonds. The summed E-state index contributed by atoms with van der Waals surface area (Å²) in [5, 5.41) is 16.8. The molecule has 2 aromatic heterocycles. The first-order valence-corrected chi connectivity index (χ1v) is 5.87. The van der Waals surface area contributed by atoms with Gasteiger partial charge in [0.15, 0.2) is 5.69 Å². The van der Waals surface area contributed by atoms with Crippen molar-refractivity contribution in [2.45, 2.75) is 6.42 Å². The molecule has 2 heterocycles. The van der Waals surface area contributed by atoms with Gasteiger partial charge in [0.2, 0.25) is 5.89 Å². The van der Waals surface area contributed by atoms with Crippen molar-refractivity contribution in [3.05, 3.63) is 60.1 Å². The third-order valence-corrected chi connectivity index (χ3v) is 2.66. The van der Waals surface area contributed by atoms with E-state index < -0.39 is 5.97 Å². The predicted molar refractivity (Wildman–Crippen MR) is 67.6 cm³/mol. The third kappa shape index (κ3) is 2.41. The maximum absolute atomic E-state index is 10.7. The van der Waals surface area contributed by atoms with E-state index in [1.54, 1.807) is 10.9 Å². The van der Waals surface area contributed by atoms with Crippen LogP contribution in [0.4, 0.5) is 0 Å². The van der Waals surface area contributed by atoms with Crippen LogP contribution in [0.1, 0.15) is 22.1 Å². The highest BCUT2D eigenvalue weighted by atomic mass is 16.4. The molecule has 1 N–H and O–H groups in total. The van der Waals surface area contributed by atoms with Gasteiger partial charge in [0, 0.05) is 0 Å². The lowest BCUT2D eigenvalue weighted by Crippen LogP contribution is -1.97. The van der Waals surface area contributed by atoms with E-state index in [0.717, 1.165) is 12.0 Å². The van der Waals surface area contributed by atoms with Crippen molar-refractivity contribution < 1.29 is 14.3 Å². The minimum atomic E-state index is -1.12. The number of nitrogens with zero attached hydrogens (tertiary/aromatic N) is 4. The number of hydrogen-bond acceptors (Lipinski definition) is 5. The first-order valence-electron chi connectivity index (χ1n) is 5.87. The van der Waals surface area contributed by atoms with E-state index in [2.05, 4.69) is 15.3 Å². The summed E-state index contributed by atoms with van der Waals surface area (Å²) in [5.41, 5.74) is 1.42. The summed E-state index contributed by atoms with van der Waals surface area (Å²) < 4.78 is 6.71. The summed E-state index contributed by atoms with van der Waals surface area (Å²) in [6.45, 7) is 0. The molecule has 7 nitrogen and oxygen atoms in total. The van der Waals surface area contributed by atoms with Crippen LogP contribution < -0.4 is 0 Å². The topological polar surface area (TPSA) is 94.0 Å². The standard InChI is InChI=1S/C13H10N4O3/c18-13(19)11-8-20-12(14-11)6-9-7-17(16-15-9)10-4-2-1-3-5-10/h1-5,7-8H,6H2,(H,18,19). The summed E-state index contributed by atoms with van der Waals surface area (Å²) in [4.78, 5) is 14.5. The molecule has 0 saturated carbocycles. The number of hydrogen-bond donors (Lipinski definition) is 1. The molecule has 0 aliphatic rings. The molecule has 7 heteroatoms. The number of para-hydroxylation sites is 1. The van der Waals surface area contributed by atoms with Gasteiger partial charge in [0.1, 0.15) is 6.26 Å². The van der Waals surface area contributed by atoms with E-state index in [1.807, 2.05) is 30.3 Å². The van der Waals surface area contributed by atoms with Gasteiger partial charge in [-0.25, -0.2) is 14.5 Å². The minimum Gasteiger partial charge on any atom is -0.476 e. The molecular formula is C13H10N4O3. The fraction of sp³-hybridized carbons (Fsp3) is 0.0769. The third-order valence-electron chi connectivity index (χ3n) is 2.66. The lowest BCUT2D eigenvalue weighted by Gasteiger charge is -1.96. The van der Waals surface area contributed by atoms with E-state index >= 15 is 0 Å². The maximum atomic E-state index is 10.7. The van der Waals surface area contributed by atoms with Crippen LogP contribution in [0.2, 0.25) is 0 Å². The normalized spacial score (nSPS) is 10.6. The molecule has 0 bridgehead atoms. The van der Waals surface area contributed by atoms with Crippen LogP contribution in [-0.4, -0.2) is 31.1 Å². The summed E-state index contributed by atoms with van der Waals surface area (Å²) in [7, 11) is 0. The molecule has 1 aromatic carbocycles. The number of carboxylic acids is 1. The first-order chi connectivity index (χ1) is 9.72. The smallest absolute Gasteiger partial charge is 0.357 e. The van der Waals surface area contributed by atoms with Crippen molar-refractivity contribution in [3.63, 3.8) is 0 Å². The zero-order chi connectivity index (χ0) is 13.9. The van der Waals surface area contributed by atoms with E-state index in [4.69, 9.17) is 9.52 Å². The van der Waals surface area contributed by atoms with Gasteiger partial charge in [-0.1, -0.05) is 23.4 Å². The van der Waals surface area contributed by atoms with Gasteiger partial charge >= 0.3 is 5.97 Å². The highest BCUT2D eigenvalue weighted by Gasteiger charge is 2.12. The zero-order valence-electron chi connectivity index (χ0n) is 10.3. The highest BCUT2D eigenvalue weighted by molar-refractivity contribution is 5.84. The maximum Gasteiger partial charge on any atom is 0.357 e. The van der Waals surface area contributed by atoms with Crippen LogP contribution in [0, 0.1) is 0 Å². The number of oxazole rings is 1. The molecule has 0 spiro atoms. The van der Waals surface area contributed by atoms with Crippen molar-refractivity contribution >= 4 is 5.97 Å². The number of aromatic nitrogens is 4. The molecule has 0 saturated heterocycles. The van der Waals surface area contributed by atoms with Gasteiger partial charge in [-0.05, 0) is 12.1 Å². The Morgan fingerprint density at radius 1 is 1.30 bits per heavy atom. The van der Waals surface area contributed by atoms with Crippen molar-refractivity contribution in [3.8, 4) is 5.69 Å². The number of carboxylic acid groups (broad SMARTS) is 1. The molecular weight excluding hydrogens is 260 g/mol. The van der Waals surface area contributed by atoms with Crippen LogP contribution in [0.3, 0.4) is 0 Å². The first kappa shape index (κ1) is 12.1. The molecule has 0 radical (unpaired) electrons. The van der Waals surface area contributed by atoms with Gasteiger partial charge in [0.05, 0.1) is 24.0 Å². The second kappa shape index (κ2) is 4.96. The van der Waals surface area contributed by atoms with Crippen LogP contribution in [-0.2, 0) is 6.42 Å². The number of rotatable bonds is 4. The van der Waals surface area contributed by atoms with E-state index in [0.29, 0.717) is 18.0 Å². The minimum absolute atomic E-state index is 0.115. The number of benzene rings is 1. The van der Waals surface area contributed by atoms with Crippen molar-refractivity contribution in [2.24, 2.45) is 0 Å². The summed E-state index contributed by atoms with van der Waals surface area (Å²) >= 11 is 0. The second-order valence-electron chi connectivity index (χ2n) is 4.10. The van der Waals surface area contributed by atoms with Crippen LogP contribution in [0.5, 0.6) is 0 Å². The van der Waals surface area contributed by atoms with E-state index in [9.17, 15) is 4.79 Å². The Balaban J connectivity index is 1.78. The molecule has 0 atom stereocenters. The SMILES string of the molecule is O=C(O)c1coc(Cc2cn(-c3ccccc3)nn2)n1. The van der Waals surface area contributed by atoms with Crippen molar-refractivity contribution in [1.29, 1.82) is 0 Å². The molecule has 3 aromatic rings. The van der Waals surface area contributed by atoms with Crippen LogP contribution in [0.25, 0.3) is 5.69 Å². The average Bonchev–Trinajstić information content (AvgIpc) is 3.10. The average molecular weight is 270 g/mol. The Morgan fingerprint density at radius 3 is 2.80 bits per heavy atom. The summed E-state index contributed by atoms with van der Waals surface area (Å²) in [6, 6.07) is 9.55. The molecule has 0 aliphatic heterocycles. The molecule has 0 aliphatic carbocycles. The lowest BCUT2D eigenvalue weighted by molar-refractivity contribution is 0.0690. The van der Waals surface area contributed by atoms with Gasteiger partial charge in [0.25, 0.3) is 0 Å². The monoisotopic (exact) mass is 270 g/mol. The Kier molecular flexibility index (Phi) is 3.00. The highest BCUT2D eigenvalue weighted by Crippen LogP contribution is 2.10. The summed E-state index contributed by atoms with van der Waals surface area (Å²) in [5.74, 6) is -0.824. The van der Waals surface area contributed by atoms with E-state index in [-0.39, 0.29) is 5.69 Å². The predicted octanol–water partition coefficient (Wildman–Crippen LogP) is 1.54. The molecule has 0 fully saturated rings. The molecule has 20 heavy (non-hydrogen) atoms. The molecule has 0 unspecified atom stereocenters. The number of carbonyl (C=O) groups is 1. The molecule has 100 valence electrons. The lowest BCUT2D eigenvalue weighted by atomic mass is 10.3. The van der Waals surface area contributed by atoms with Gasteiger partial charge in [-0.15, -0.1) is 5.10 Å². The second-order valence-corrected chi connectivity index (χ2v) is 4.10. The number of aromatic carboxylic acids is 1. The zero-order valence-corrected chi connectivity index (χ0v) is 10.3. The fourth-order valence-corrected chi connectivity index (χ4v) is 1.73. The van der Waals surface area contributed by atoms with E-state index in [1.165, 1.54) is 0 Å². The Labute approximate surface area is 113 Å². The fourth-order valence-electron chi connectivity index (χ4n) is 1.73. The van der Waals surface area contributed by atoms with Crippen molar-refractivity contribution in [2.75, 3.05) is 0 Å². The van der Waals surface area contributed by atoms with Gasteiger partial charge in [-0.3, -0.25) is 0 Å². The van der Waals surface area contributed by atoms with Crippen LogP contribution >= 0.6 is 0 Å². The quantitative estimate of drug-likeness (QED) is 0.772. The van der Waals surface area contributed by atoms with Gasteiger partial charge < -0.3 is 9.52 Å². The van der Waals surface area contributed by atoms with Crippen LogP contribution in [0.15, 0.2) is 47.2 Å². The van der Waals surface area contributed by atoms with Crippen molar-refractivity contribution in [1.82, 2.24) is 20.0 Å². The largest absolute Gasteiger partial charge is 0.476 e. The Bertz CT molecular complexity index is 733. The summed E-state index contributed by atoms with van der Waals surface area (Å²) in [6.07, 6.45) is 3.15. The molecule has 3 rings (SSSR count). The Morgan fingerprint density at radius 2 is 2.10 bits per heavy atom. The van der Waals surface area contributed by atoms with Gasteiger partial charge in [-0.2, -0.15) is 0 Å². The Hall–Kier alpha value is -2.96.